The summed E-state index contributed by atoms with van der Waals surface area (Å²) in [4.78, 5) is 0.163. The molecule has 0 spiro atoms. The highest BCUT2D eigenvalue weighted by atomic mass is 79.9. The molecule has 2 rings (SSSR count). The Kier molecular flexibility index (Phi) is 5.48. The molecule has 0 aliphatic carbocycles. The lowest BCUT2D eigenvalue weighted by Gasteiger charge is -2.24. The number of nitrogens with one attached hydrogen (secondary N) is 1. The van der Waals surface area contributed by atoms with E-state index in [1.165, 1.54) is 0 Å². The molecule has 20 heavy (non-hydrogen) atoms. The van der Waals surface area contributed by atoms with Crippen LogP contribution in [0.1, 0.15) is 19.4 Å². The molecule has 0 bridgehead atoms. The summed E-state index contributed by atoms with van der Waals surface area (Å²) in [5, 5.41) is 0. The Labute approximate surface area is 133 Å². The fourth-order valence-corrected chi connectivity index (χ4v) is 4.19. The zero-order valence-electron chi connectivity index (χ0n) is 11.3. The van der Waals surface area contributed by atoms with E-state index >= 15 is 0 Å². The fourth-order valence-electron chi connectivity index (χ4n) is 1.90. The number of ether oxygens (including phenoxy) is 1. The van der Waals surface area contributed by atoms with Crippen molar-refractivity contribution in [2.75, 3.05) is 13.2 Å². The quantitative estimate of drug-likeness (QED) is 0.828. The smallest absolute Gasteiger partial charge is 0.244 e. The van der Waals surface area contributed by atoms with Crippen molar-refractivity contribution in [1.29, 1.82) is 0 Å². The fraction of sp³-hybridized carbons (Fsp3) is 0.500. The van der Waals surface area contributed by atoms with E-state index in [2.05, 4.69) is 20.7 Å². The van der Waals surface area contributed by atoms with Crippen LogP contribution in [0.3, 0.4) is 0 Å². The molecule has 1 aromatic carbocycles. The molecule has 1 aliphatic rings. The lowest BCUT2D eigenvalue weighted by atomic mass is 10.1. The van der Waals surface area contributed by atoms with Crippen LogP contribution in [-0.4, -0.2) is 27.1 Å². The van der Waals surface area contributed by atoms with Crippen molar-refractivity contribution < 1.29 is 13.2 Å². The molecule has 0 atom stereocenters. The second kappa shape index (κ2) is 6.19. The predicted molar refractivity (Wildman–Crippen MR) is 84.0 cm³/mol. The Bertz CT molecular complexity index is 605. The van der Waals surface area contributed by atoms with Gasteiger partial charge in [0.15, 0.2) is 0 Å². The zero-order chi connectivity index (χ0) is 14.3. The van der Waals surface area contributed by atoms with Crippen LogP contribution in [0.25, 0.3) is 0 Å². The molecular weight excluding hydrogens is 368 g/mol. The largest absolute Gasteiger partial charge is 0.492 e. The first kappa shape index (κ1) is 17.7. The molecule has 3 N–H and O–H groups in total. The average Bonchev–Trinajstić information content (AvgIpc) is 2.74. The molecule has 0 radical (unpaired) electrons. The van der Waals surface area contributed by atoms with Crippen LogP contribution in [0.5, 0.6) is 5.75 Å². The van der Waals surface area contributed by atoms with Crippen LogP contribution in [0.15, 0.2) is 21.5 Å². The first-order valence-corrected chi connectivity index (χ1v) is 8.22. The third kappa shape index (κ3) is 3.65. The van der Waals surface area contributed by atoms with E-state index in [1.54, 1.807) is 19.9 Å². The number of benzene rings is 1. The molecule has 0 fully saturated rings. The molecule has 114 valence electrons. The summed E-state index contributed by atoms with van der Waals surface area (Å²) >= 11 is 3.33. The van der Waals surface area contributed by atoms with Crippen molar-refractivity contribution in [3.63, 3.8) is 0 Å². The number of halogens is 2. The summed E-state index contributed by atoms with van der Waals surface area (Å²) in [5.41, 5.74) is 5.77. The normalized spacial score (nSPS) is 14.4. The zero-order valence-corrected chi connectivity index (χ0v) is 14.5. The SMILES string of the molecule is CC(C)(CN)NS(=O)(=O)c1cc(Br)cc2c1OCC2.Cl. The molecule has 0 unspecified atom stereocenters. The molecule has 0 saturated heterocycles. The summed E-state index contributed by atoms with van der Waals surface area (Å²) in [7, 11) is -3.66. The number of rotatable bonds is 4. The lowest BCUT2D eigenvalue weighted by molar-refractivity contribution is 0.348. The first-order chi connectivity index (χ1) is 8.75. The Morgan fingerprint density at radius 3 is 2.70 bits per heavy atom. The van der Waals surface area contributed by atoms with Gasteiger partial charge in [-0.3, -0.25) is 0 Å². The van der Waals surface area contributed by atoms with Gasteiger partial charge in [0.1, 0.15) is 10.6 Å². The van der Waals surface area contributed by atoms with Gasteiger partial charge in [0, 0.05) is 28.5 Å². The van der Waals surface area contributed by atoms with Gasteiger partial charge in [0.05, 0.1) is 6.61 Å². The Morgan fingerprint density at radius 2 is 2.10 bits per heavy atom. The van der Waals surface area contributed by atoms with Crippen LogP contribution in [0.4, 0.5) is 0 Å². The monoisotopic (exact) mass is 384 g/mol. The van der Waals surface area contributed by atoms with Crippen molar-refractivity contribution in [2.45, 2.75) is 30.7 Å². The van der Waals surface area contributed by atoms with Crippen LogP contribution in [0.2, 0.25) is 0 Å². The molecule has 1 heterocycles. The minimum atomic E-state index is -3.66. The summed E-state index contributed by atoms with van der Waals surface area (Å²) < 4.78 is 33.7. The van der Waals surface area contributed by atoms with E-state index < -0.39 is 15.6 Å². The van der Waals surface area contributed by atoms with Crippen molar-refractivity contribution in [3.05, 3.63) is 22.2 Å². The Hall–Kier alpha value is -0.340. The van der Waals surface area contributed by atoms with Gasteiger partial charge < -0.3 is 10.5 Å². The average molecular weight is 386 g/mol. The van der Waals surface area contributed by atoms with Crippen molar-refractivity contribution in [2.24, 2.45) is 5.73 Å². The summed E-state index contributed by atoms with van der Waals surface area (Å²) in [6, 6.07) is 3.44. The van der Waals surface area contributed by atoms with E-state index in [0.717, 1.165) is 16.5 Å². The van der Waals surface area contributed by atoms with Crippen LogP contribution in [-0.2, 0) is 16.4 Å². The second-order valence-electron chi connectivity index (χ2n) is 5.18. The highest BCUT2D eigenvalue weighted by Gasteiger charge is 2.30. The molecule has 0 aromatic heterocycles. The maximum atomic E-state index is 12.5. The highest BCUT2D eigenvalue weighted by molar-refractivity contribution is 9.10. The second-order valence-corrected chi connectivity index (χ2v) is 7.75. The molecule has 0 saturated carbocycles. The maximum Gasteiger partial charge on any atom is 0.244 e. The number of fused-ring (bicyclic) bond motifs is 1. The van der Waals surface area contributed by atoms with E-state index in [1.807, 2.05) is 6.07 Å². The van der Waals surface area contributed by atoms with Crippen LogP contribution in [0, 0.1) is 0 Å². The van der Waals surface area contributed by atoms with Gasteiger partial charge in [-0.05, 0) is 26.0 Å². The summed E-state index contributed by atoms with van der Waals surface area (Å²) in [6.07, 6.45) is 0.720. The molecule has 5 nitrogen and oxygen atoms in total. The Balaban J connectivity index is 0.00000200. The minimum absolute atomic E-state index is 0. The first-order valence-electron chi connectivity index (χ1n) is 5.94. The summed E-state index contributed by atoms with van der Waals surface area (Å²) in [6.45, 7) is 4.20. The molecule has 0 amide bonds. The van der Waals surface area contributed by atoms with Crippen molar-refractivity contribution in [3.8, 4) is 5.75 Å². The van der Waals surface area contributed by atoms with E-state index in [4.69, 9.17) is 10.5 Å². The van der Waals surface area contributed by atoms with Gasteiger partial charge in [-0.25, -0.2) is 13.1 Å². The van der Waals surface area contributed by atoms with Gasteiger partial charge >= 0.3 is 0 Å². The van der Waals surface area contributed by atoms with Gasteiger partial charge in [-0.15, -0.1) is 12.4 Å². The summed E-state index contributed by atoms with van der Waals surface area (Å²) in [5.74, 6) is 0.448. The molecule has 8 heteroatoms. The minimum Gasteiger partial charge on any atom is -0.492 e. The molecular formula is C12H18BrClN2O3S. The third-order valence-corrected chi connectivity index (χ3v) is 5.09. The van der Waals surface area contributed by atoms with Crippen molar-refractivity contribution >= 4 is 38.4 Å². The molecule has 1 aliphatic heterocycles. The van der Waals surface area contributed by atoms with E-state index in [9.17, 15) is 8.42 Å². The number of hydrogen-bond donors (Lipinski definition) is 2. The van der Waals surface area contributed by atoms with Gasteiger partial charge in [0.2, 0.25) is 10.0 Å². The van der Waals surface area contributed by atoms with Crippen LogP contribution >= 0.6 is 28.3 Å². The maximum absolute atomic E-state index is 12.5. The van der Waals surface area contributed by atoms with E-state index in [0.29, 0.717) is 12.4 Å². The van der Waals surface area contributed by atoms with Gasteiger partial charge in [-0.2, -0.15) is 0 Å². The topological polar surface area (TPSA) is 81.4 Å². The standard InChI is InChI=1S/C12H17BrN2O3S.ClH/c1-12(2,7-14)15-19(16,17)10-6-9(13)5-8-3-4-18-11(8)10;/h5-6,15H,3-4,7,14H2,1-2H3;1H. The van der Waals surface area contributed by atoms with Gasteiger partial charge in [0.25, 0.3) is 0 Å². The van der Waals surface area contributed by atoms with Crippen molar-refractivity contribution in [1.82, 2.24) is 4.72 Å². The number of nitrogens with two attached hydrogens (primary N) is 1. The predicted octanol–water partition coefficient (Wildman–Crippen LogP) is 1.82. The highest BCUT2D eigenvalue weighted by Crippen LogP contribution is 2.36. The number of sulfonamides is 1. The number of hydrogen-bond acceptors (Lipinski definition) is 4. The van der Waals surface area contributed by atoms with Crippen LogP contribution < -0.4 is 15.2 Å². The Morgan fingerprint density at radius 1 is 1.45 bits per heavy atom. The molecule has 1 aromatic rings. The van der Waals surface area contributed by atoms with E-state index in [-0.39, 0.29) is 23.8 Å². The lowest BCUT2D eigenvalue weighted by Crippen LogP contribution is -2.48. The van der Waals surface area contributed by atoms with Gasteiger partial charge in [-0.1, -0.05) is 15.9 Å². The third-order valence-electron chi connectivity index (χ3n) is 2.92.